The molecule has 2 rings (SSSR count). The molecule has 1 unspecified atom stereocenters. The van der Waals surface area contributed by atoms with E-state index in [1.807, 2.05) is 0 Å². The maximum absolute atomic E-state index is 6.45. The zero-order valence-corrected chi connectivity index (χ0v) is 12.7. The summed E-state index contributed by atoms with van der Waals surface area (Å²) >= 11 is 0. The molecule has 1 aliphatic carbocycles. The lowest BCUT2D eigenvalue weighted by Gasteiger charge is -2.34. The summed E-state index contributed by atoms with van der Waals surface area (Å²) in [6, 6.07) is 9.14. The van der Waals surface area contributed by atoms with Gasteiger partial charge in [-0.1, -0.05) is 43.7 Å². The van der Waals surface area contributed by atoms with Crippen LogP contribution in [0.15, 0.2) is 24.3 Å². The fourth-order valence-electron chi connectivity index (χ4n) is 3.52. The average molecular weight is 259 g/mol. The van der Waals surface area contributed by atoms with E-state index < -0.39 is 0 Å². The van der Waals surface area contributed by atoms with E-state index in [1.54, 1.807) is 0 Å². The van der Waals surface area contributed by atoms with Crippen LogP contribution in [0.4, 0.5) is 0 Å². The Balaban J connectivity index is 1.86. The van der Waals surface area contributed by atoms with E-state index in [9.17, 15) is 0 Å². The minimum atomic E-state index is 0.343. The molecule has 0 radical (unpaired) electrons. The van der Waals surface area contributed by atoms with Crippen molar-refractivity contribution in [3.05, 3.63) is 35.4 Å². The van der Waals surface area contributed by atoms with Gasteiger partial charge in [-0.15, -0.1) is 0 Å². The highest BCUT2D eigenvalue weighted by molar-refractivity contribution is 5.23. The van der Waals surface area contributed by atoms with Gasteiger partial charge in [-0.25, -0.2) is 0 Å². The van der Waals surface area contributed by atoms with E-state index >= 15 is 0 Å². The van der Waals surface area contributed by atoms with Crippen molar-refractivity contribution >= 4 is 0 Å². The van der Waals surface area contributed by atoms with Crippen molar-refractivity contribution < 1.29 is 0 Å². The number of hydrogen-bond donors (Lipinski definition) is 1. The smallest absolute Gasteiger partial charge is 0.0108 e. The molecule has 0 aromatic heterocycles. The first-order valence-electron chi connectivity index (χ1n) is 7.87. The fourth-order valence-corrected chi connectivity index (χ4v) is 3.52. The topological polar surface area (TPSA) is 26.0 Å². The SMILES string of the molecule is Cc1cccc(CC(N)C2CCC(C(C)C)CC2)c1. The molecule has 1 atom stereocenters. The lowest BCUT2D eigenvalue weighted by atomic mass is 9.74. The maximum Gasteiger partial charge on any atom is 0.0108 e. The summed E-state index contributed by atoms with van der Waals surface area (Å²) in [6.45, 7) is 6.87. The molecule has 1 fully saturated rings. The van der Waals surface area contributed by atoms with Gasteiger partial charge >= 0.3 is 0 Å². The number of rotatable bonds is 4. The van der Waals surface area contributed by atoms with E-state index in [0.29, 0.717) is 6.04 Å². The van der Waals surface area contributed by atoms with E-state index in [2.05, 4.69) is 45.0 Å². The Morgan fingerprint density at radius 3 is 2.32 bits per heavy atom. The molecule has 0 amide bonds. The molecule has 0 spiro atoms. The van der Waals surface area contributed by atoms with Crippen molar-refractivity contribution in [3.63, 3.8) is 0 Å². The van der Waals surface area contributed by atoms with Gasteiger partial charge in [-0.2, -0.15) is 0 Å². The molecular weight excluding hydrogens is 230 g/mol. The highest BCUT2D eigenvalue weighted by atomic mass is 14.7. The van der Waals surface area contributed by atoms with Crippen LogP contribution in [0.5, 0.6) is 0 Å². The third-order valence-corrected chi connectivity index (χ3v) is 4.92. The summed E-state index contributed by atoms with van der Waals surface area (Å²) in [5.41, 5.74) is 9.19. The van der Waals surface area contributed by atoms with E-state index in [-0.39, 0.29) is 0 Å². The molecule has 0 bridgehead atoms. The van der Waals surface area contributed by atoms with Crippen LogP contribution >= 0.6 is 0 Å². The largest absolute Gasteiger partial charge is 0.327 e. The van der Waals surface area contributed by atoms with Gasteiger partial charge in [0.15, 0.2) is 0 Å². The first kappa shape index (κ1) is 14.6. The summed E-state index contributed by atoms with van der Waals surface area (Å²) in [4.78, 5) is 0. The van der Waals surface area contributed by atoms with Crippen LogP contribution in [-0.2, 0) is 6.42 Å². The van der Waals surface area contributed by atoms with Crippen LogP contribution < -0.4 is 5.73 Å². The number of nitrogens with two attached hydrogens (primary N) is 1. The second-order valence-corrected chi connectivity index (χ2v) is 6.78. The van der Waals surface area contributed by atoms with Crippen LogP contribution in [0.2, 0.25) is 0 Å². The molecule has 0 aliphatic heterocycles. The van der Waals surface area contributed by atoms with Crippen molar-refractivity contribution in [1.29, 1.82) is 0 Å². The molecule has 0 saturated heterocycles. The van der Waals surface area contributed by atoms with Gasteiger partial charge in [0.1, 0.15) is 0 Å². The summed E-state index contributed by atoms with van der Waals surface area (Å²) in [5.74, 6) is 2.51. The third kappa shape index (κ3) is 4.07. The molecule has 106 valence electrons. The molecule has 1 aromatic rings. The van der Waals surface area contributed by atoms with Crippen molar-refractivity contribution in [3.8, 4) is 0 Å². The Labute approximate surface area is 118 Å². The molecule has 19 heavy (non-hydrogen) atoms. The van der Waals surface area contributed by atoms with Gasteiger partial charge in [0.05, 0.1) is 0 Å². The summed E-state index contributed by atoms with van der Waals surface area (Å²) in [6.07, 6.45) is 6.46. The summed E-state index contributed by atoms with van der Waals surface area (Å²) in [5, 5.41) is 0. The Morgan fingerprint density at radius 2 is 1.74 bits per heavy atom. The molecule has 2 N–H and O–H groups in total. The second-order valence-electron chi connectivity index (χ2n) is 6.78. The quantitative estimate of drug-likeness (QED) is 0.856. The Kier molecular flexibility index (Phi) is 5.04. The summed E-state index contributed by atoms with van der Waals surface area (Å²) < 4.78 is 0. The fraction of sp³-hybridized carbons (Fsp3) is 0.667. The predicted octanol–water partition coefficient (Wildman–Crippen LogP) is 4.33. The van der Waals surface area contributed by atoms with Crippen LogP contribution in [0.1, 0.15) is 50.7 Å². The molecule has 0 heterocycles. The molecule has 1 nitrogen and oxygen atoms in total. The van der Waals surface area contributed by atoms with Crippen molar-refractivity contribution in [2.24, 2.45) is 23.5 Å². The van der Waals surface area contributed by atoms with E-state index in [0.717, 1.165) is 24.2 Å². The third-order valence-electron chi connectivity index (χ3n) is 4.92. The van der Waals surface area contributed by atoms with Crippen molar-refractivity contribution in [2.45, 2.75) is 58.9 Å². The average Bonchev–Trinajstić information content (AvgIpc) is 2.39. The van der Waals surface area contributed by atoms with Gasteiger partial charge in [0.2, 0.25) is 0 Å². The van der Waals surface area contributed by atoms with Crippen LogP contribution in [-0.4, -0.2) is 6.04 Å². The monoisotopic (exact) mass is 259 g/mol. The lowest BCUT2D eigenvalue weighted by molar-refractivity contribution is 0.202. The minimum Gasteiger partial charge on any atom is -0.327 e. The Bertz CT molecular complexity index is 388. The van der Waals surface area contributed by atoms with Gasteiger partial charge in [0.25, 0.3) is 0 Å². The van der Waals surface area contributed by atoms with Crippen LogP contribution in [0.3, 0.4) is 0 Å². The van der Waals surface area contributed by atoms with E-state index in [1.165, 1.54) is 36.8 Å². The van der Waals surface area contributed by atoms with Crippen molar-refractivity contribution in [2.75, 3.05) is 0 Å². The number of benzene rings is 1. The van der Waals surface area contributed by atoms with Gasteiger partial charge in [0, 0.05) is 6.04 Å². The predicted molar refractivity (Wildman–Crippen MR) is 83.1 cm³/mol. The first-order chi connectivity index (χ1) is 9.06. The minimum absolute atomic E-state index is 0.343. The normalized spacial score (nSPS) is 25.5. The lowest BCUT2D eigenvalue weighted by Crippen LogP contribution is -2.35. The maximum atomic E-state index is 6.45. The van der Waals surface area contributed by atoms with Crippen molar-refractivity contribution in [1.82, 2.24) is 0 Å². The first-order valence-corrected chi connectivity index (χ1v) is 7.87. The molecule has 1 aromatic carbocycles. The molecule has 1 heteroatoms. The zero-order chi connectivity index (χ0) is 13.8. The Morgan fingerprint density at radius 1 is 1.11 bits per heavy atom. The van der Waals surface area contributed by atoms with Gasteiger partial charge in [-0.05, 0) is 62.3 Å². The Hall–Kier alpha value is -0.820. The van der Waals surface area contributed by atoms with Crippen LogP contribution in [0, 0.1) is 24.7 Å². The second kappa shape index (κ2) is 6.56. The molecular formula is C18H29N. The number of hydrogen-bond acceptors (Lipinski definition) is 1. The number of aryl methyl sites for hydroxylation is 1. The van der Waals surface area contributed by atoms with Gasteiger partial charge in [-0.3, -0.25) is 0 Å². The molecule has 1 aliphatic rings. The van der Waals surface area contributed by atoms with Gasteiger partial charge < -0.3 is 5.73 Å². The van der Waals surface area contributed by atoms with E-state index in [4.69, 9.17) is 5.73 Å². The highest BCUT2D eigenvalue weighted by Gasteiger charge is 2.26. The zero-order valence-electron chi connectivity index (χ0n) is 12.7. The molecule has 1 saturated carbocycles. The standard InChI is InChI=1S/C18H29N/c1-13(2)16-7-9-17(10-8-16)18(19)12-15-6-4-5-14(3)11-15/h4-6,11,13,16-18H,7-10,12,19H2,1-3H3. The highest BCUT2D eigenvalue weighted by Crippen LogP contribution is 2.34. The summed E-state index contributed by atoms with van der Waals surface area (Å²) in [7, 11) is 0. The van der Waals surface area contributed by atoms with Crippen LogP contribution in [0.25, 0.3) is 0 Å².